The van der Waals surface area contributed by atoms with Gasteiger partial charge in [-0.1, -0.05) is 26.2 Å². The predicted octanol–water partition coefficient (Wildman–Crippen LogP) is 3.28. The van der Waals surface area contributed by atoms with Gasteiger partial charge in [-0.2, -0.15) is 0 Å². The number of likely N-dealkylation sites (tertiary alicyclic amines) is 1. The van der Waals surface area contributed by atoms with Gasteiger partial charge in [0.2, 0.25) is 0 Å². The van der Waals surface area contributed by atoms with Gasteiger partial charge >= 0.3 is 0 Å². The summed E-state index contributed by atoms with van der Waals surface area (Å²) in [6.45, 7) is 12.0. The van der Waals surface area contributed by atoms with Gasteiger partial charge in [-0.05, 0) is 51.5 Å². The van der Waals surface area contributed by atoms with E-state index in [2.05, 4.69) is 31.0 Å². The van der Waals surface area contributed by atoms with Crippen LogP contribution in [-0.2, 0) is 0 Å². The van der Waals surface area contributed by atoms with E-state index in [0.717, 1.165) is 18.4 Å². The molecule has 106 valence electrons. The van der Waals surface area contributed by atoms with Crippen LogP contribution in [0.1, 0.15) is 59.3 Å². The lowest BCUT2D eigenvalue weighted by molar-refractivity contribution is 0.0860. The molecule has 0 bridgehead atoms. The van der Waals surface area contributed by atoms with E-state index in [1.807, 2.05) is 0 Å². The van der Waals surface area contributed by atoms with Gasteiger partial charge in [-0.3, -0.25) is 0 Å². The number of rotatable bonds is 5. The van der Waals surface area contributed by atoms with Crippen molar-refractivity contribution >= 4 is 0 Å². The van der Waals surface area contributed by atoms with Crippen LogP contribution >= 0.6 is 0 Å². The second kappa shape index (κ2) is 6.38. The maximum Gasteiger partial charge on any atom is 0.0123 e. The summed E-state index contributed by atoms with van der Waals surface area (Å²) in [4.78, 5) is 2.70. The Bertz CT molecular complexity index is 249. The molecule has 1 saturated heterocycles. The number of hydrogen-bond acceptors (Lipinski definition) is 2. The third-order valence-corrected chi connectivity index (χ3v) is 5.29. The molecule has 1 aliphatic carbocycles. The Morgan fingerprint density at radius 2 is 1.83 bits per heavy atom. The first-order valence-corrected chi connectivity index (χ1v) is 8.08. The molecule has 1 aliphatic heterocycles. The van der Waals surface area contributed by atoms with Crippen molar-refractivity contribution < 1.29 is 0 Å². The fourth-order valence-corrected chi connectivity index (χ4v) is 3.56. The van der Waals surface area contributed by atoms with Crippen LogP contribution in [0.3, 0.4) is 0 Å². The van der Waals surface area contributed by atoms with Gasteiger partial charge in [0.15, 0.2) is 0 Å². The zero-order chi connectivity index (χ0) is 13.0. The van der Waals surface area contributed by atoms with E-state index >= 15 is 0 Å². The molecule has 0 spiro atoms. The van der Waals surface area contributed by atoms with E-state index in [4.69, 9.17) is 0 Å². The highest BCUT2D eigenvalue weighted by Crippen LogP contribution is 2.35. The van der Waals surface area contributed by atoms with E-state index in [1.54, 1.807) is 0 Å². The van der Waals surface area contributed by atoms with Crippen molar-refractivity contribution in [2.75, 3.05) is 26.2 Å². The molecule has 2 aliphatic rings. The van der Waals surface area contributed by atoms with Crippen molar-refractivity contribution in [1.29, 1.82) is 0 Å². The van der Waals surface area contributed by atoms with Gasteiger partial charge in [-0.25, -0.2) is 0 Å². The smallest absolute Gasteiger partial charge is 0.0123 e. The Morgan fingerprint density at radius 1 is 1.11 bits per heavy atom. The molecule has 1 heterocycles. The third kappa shape index (κ3) is 3.96. The molecule has 18 heavy (non-hydrogen) atoms. The van der Waals surface area contributed by atoms with Crippen LogP contribution in [0.4, 0.5) is 0 Å². The van der Waals surface area contributed by atoms with Gasteiger partial charge in [-0.15, -0.1) is 0 Å². The summed E-state index contributed by atoms with van der Waals surface area (Å²) < 4.78 is 0. The van der Waals surface area contributed by atoms with Crippen molar-refractivity contribution in [2.24, 2.45) is 11.8 Å². The van der Waals surface area contributed by atoms with E-state index in [0.29, 0.717) is 5.54 Å². The summed E-state index contributed by atoms with van der Waals surface area (Å²) in [6.07, 6.45) is 8.65. The van der Waals surface area contributed by atoms with Crippen LogP contribution in [0.2, 0.25) is 0 Å². The summed E-state index contributed by atoms with van der Waals surface area (Å²) in [5.74, 6) is 2.08. The third-order valence-electron chi connectivity index (χ3n) is 5.29. The molecular weight excluding hydrogens is 220 g/mol. The number of hydrogen-bond donors (Lipinski definition) is 1. The van der Waals surface area contributed by atoms with Crippen molar-refractivity contribution in [3.63, 3.8) is 0 Å². The lowest BCUT2D eigenvalue weighted by Gasteiger charge is -2.41. The molecule has 2 atom stereocenters. The van der Waals surface area contributed by atoms with Crippen LogP contribution in [0.5, 0.6) is 0 Å². The largest absolute Gasteiger partial charge is 0.311 e. The number of nitrogens with one attached hydrogen (secondary N) is 1. The SMILES string of the molecule is CCC(C)(C)NCCN1CCC2CCCCC2C1. The molecular formula is C16H32N2. The number of piperidine rings is 1. The zero-order valence-electron chi connectivity index (χ0n) is 12.7. The quantitative estimate of drug-likeness (QED) is 0.808. The van der Waals surface area contributed by atoms with Crippen molar-refractivity contribution in [3.8, 4) is 0 Å². The minimum absolute atomic E-state index is 0.309. The zero-order valence-corrected chi connectivity index (χ0v) is 12.7. The number of fused-ring (bicyclic) bond motifs is 1. The molecule has 1 saturated carbocycles. The highest BCUT2D eigenvalue weighted by atomic mass is 15.2. The van der Waals surface area contributed by atoms with Gasteiger partial charge in [0, 0.05) is 25.2 Å². The Balaban J connectivity index is 1.68. The lowest BCUT2D eigenvalue weighted by Crippen LogP contribution is -2.47. The molecule has 0 aromatic heterocycles. The standard InChI is InChI=1S/C16H32N2/c1-4-16(2,3)17-10-12-18-11-9-14-7-5-6-8-15(14)13-18/h14-15,17H,4-13H2,1-3H3. The van der Waals surface area contributed by atoms with E-state index in [-0.39, 0.29) is 0 Å². The van der Waals surface area contributed by atoms with Crippen LogP contribution in [0.15, 0.2) is 0 Å². The first-order valence-electron chi connectivity index (χ1n) is 8.08. The second-order valence-corrected chi connectivity index (χ2v) is 7.06. The molecule has 0 radical (unpaired) electrons. The Labute approximate surface area is 114 Å². The molecule has 0 aromatic rings. The highest BCUT2D eigenvalue weighted by Gasteiger charge is 2.30. The summed E-state index contributed by atoms with van der Waals surface area (Å²) >= 11 is 0. The monoisotopic (exact) mass is 252 g/mol. The summed E-state index contributed by atoms with van der Waals surface area (Å²) in [7, 11) is 0. The average molecular weight is 252 g/mol. The van der Waals surface area contributed by atoms with Crippen molar-refractivity contribution in [2.45, 2.75) is 64.8 Å². The van der Waals surface area contributed by atoms with Crippen LogP contribution in [0.25, 0.3) is 0 Å². The Morgan fingerprint density at radius 3 is 2.56 bits per heavy atom. The minimum Gasteiger partial charge on any atom is -0.311 e. The highest BCUT2D eigenvalue weighted by molar-refractivity contribution is 4.84. The molecule has 1 N–H and O–H groups in total. The van der Waals surface area contributed by atoms with Crippen molar-refractivity contribution in [3.05, 3.63) is 0 Å². The van der Waals surface area contributed by atoms with E-state index in [1.165, 1.54) is 58.2 Å². The lowest BCUT2D eigenvalue weighted by atomic mass is 9.75. The Kier molecular flexibility index (Phi) is 5.08. The molecule has 2 nitrogen and oxygen atoms in total. The predicted molar refractivity (Wildman–Crippen MR) is 78.9 cm³/mol. The van der Waals surface area contributed by atoms with Gasteiger partial charge in [0.05, 0.1) is 0 Å². The molecule has 2 unspecified atom stereocenters. The maximum atomic E-state index is 3.69. The van der Waals surface area contributed by atoms with Gasteiger partial charge < -0.3 is 10.2 Å². The average Bonchev–Trinajstić information content (AvgIpc) is 2.38. The van der Waals surface area contributed by atoms with E-state index < -0.39 is 0 Å². The molecule has 2 fully saturated rings. The van der Waals surface area contributed by atoms with Crippen molar-refractivity contribution in [1.82, 2.24) is 10.2 Å². The van der Waals surface area contributed by atoms with E-state index in [9.17, 15) is 0 Å². The normalized spacial score (nSPS) is 30.2. The second-order valence-electron chi connectivity index (χ2n) is 7.06. The Hall–Kier alpha value is -0.0800. The molecule has 2 heteroatoms. The summed E-state index contributed by atoms with van der Waals surface area (Å²) in [5, 5.41) is 3.69. The van der Waals surface area contributed by atoms with Crippen LogP contribution < -0.4 is 5.32 Å². The molecule has 2 rings (SSSR count). The minimum atomic E-state index is 0.309. The topological polar surface area (TPSA) is 15.3 Å². The van der Waals surface area contributed by atoms with Gasteiger partial charge in [0.1, 0.15) is 0 Å². The summed E-state index contributed by atoms with van der Waals surface area (Å²) in [5.41, 5.74) is 0.309. The fraction of sp³-hybridized carbons (Fsp3) is 1.00. The maximum absolute atomic E-state index is 3.69. The summed E-state index contributed by atoms with van der Waals surface area (Å²) in [6, 6.07) is 0. The van der Waals surface area contributed by atoms with Crippen LogP contribution in [0, 0.1) is 11.8 Å². The first-order chi connectivity index (χ1) is 8.61. The molecule has 0 amide bonds. The van der Waals surface area contributed by atoms with Gasteiger partial charge in [0.25, 0.3) is 0 Å². The number of nitrogens with zero attached hydrogens (tertiary/aromatic N) is 1. The fourth-order valence-electron chi connectivity index (χ4n) is 3.56. The first kappa shape index (κ1) is 14.3. The van der Waals surface area contributed by atoms with Crippen LogP contribution in [-0.4, -0.2) is 36.6 Å². The molecule has 0 aromatic carbocycles.